The second-order valence-electron chi connectivity index (χ2n) is 7.37. The van der Waals surface area contributed by atoms with Crippen molar-refractivity contribution in [1.82, 2.24) is 10.3 Å². The highest BCUT2D eigenvalue weighted by Crippen LogP contribution is 2.21. The highest BCUT2D eigenvalue weighted by atomic mass is 16.5. The van der Waals surface area contributed by atoms with Crippen LogP contribution in [-0.2, 0) is 16.0 Å². The van der Waals surface area contributed by atoms with Gasteiger partial charge in [0.2, 0.25) is 5.91 Å². The van der Waals surface area contributed by atoms with Gasteiger partial charge in [-0.15, -0.1) is 0 Å². The van der Waals surface area contributed by atoms with Gasteiger partial charge < -0.3 is 14.8 Å². The molecule has 0 saturated carbocycles. The first-order valence-corrected chi connectivity index (χ1v) is 10.1. The van der Waals surface area contributed by atoms with E-state index in [9.17, 15) is 9.59 Å². The lowest BCUT2D eigenvalue weighted by molar-refractivity contribution is -0.122. The molecule has 3 rings (SSSR count). The van der Waals surface area contributed by atoms with Crippen LogP contribution in [0.2, 0.25) is 0 Å². The van der Waals surface area contributed by atoms with Crippen molar-refractivity contribution >= 4 is 11.7 Å². The lowest BCUT2D eigenvalue weighted by Crippen LogP contribution is -2.40. The van der Waals surface area contributed by atoms with Gasteiger partial charge in [-0.3, -0.25) is 14.6 Å². The number of carbonyl (C=O) groups excluding carboxylic acids is 2. The summed E-state index contributed by atoms with van der Waals surface area (Å²) in [5, 5.41) is 3.04. The van der Waals surface area contributed by atoms with Gasteiger partial charge in [-0.2, -0.15) is 0 Å². The molecule has 0 radical (unpaired) electrons. The highest BCUT2D eigenvalue weighted by Gasteiger charge is 2.29. The van der Waals surface area contributed by atoms with Crippen LogP contribution in [0.4, 0.5) is 0 Å². The summed E-state index contributed by atoms with van der Waals surface area (Å²) in [6, 6.07) is 9.32. The van der Waals surface area contributed by atoms with Gasteiger partial charge in [0.25, 0.3) is 0 Å². The van der Waals surface area contributed by atoms with Crippen molar-refractivity contribution in [3.05, 3.63) is 59.4 Å². The standard InChI is InChI=1S/C23H28N2O4/c1-3-29-22-6-4-18(12-16(22)2)21(26)5-7-23(27)25-20-15-28-14-19(20)13-17-8-10-24-11-9-17/h4,6,8-12,19-20H,3,5,7,13-15H2,1-2H3,(H,25,27)/t19-,20-/m1/s1. The van der Waals surface area contributed by atoms with E-state index in [0.717, 1.165) is 17.7 Å². The molecule has 2 atom stereocenters. The lowest BCUT2D eigenvalue weighted by atomic mass is 9.95. The molecule has 0 aliphatic carbocycles. The molecular formula is C23H28N2O4. The number of carbonyl (C=O) groups is 2. The molecule has 0 spiro atoms. The molecule has 0 unspecified atom stereocenters. The molecule has 154 valence electrons. The summed E-state index contributed by atoms with van der Waals surface area (Å²) in [5.41, 5.74) is 2.71. The number of ketones is 1. The monoisotopic (exact) mass is 396 g/mol. The minimum atomic E-state index is -0.115. The Labute approximate surface area is 171 Å². The number of hydrogen-bond acceptors (Lipinski definition) is 5. The predicted molar refractivity (Wildman–Crippen MR) is 110 cm³/mol. The molecule has 29 heavy (non-hydrogen) atoms. The molecule has 1 saturated heterocycles. The molecule has 0 bridgehead atoms. The van der Waals surface area contributed by atoms with Crippen LogP contribution in [0.3, 0.4) is 0 Å². The second kappa shape index (κ2) is 10.2. The first kappa shape index (κ1) is 21.0. The molecule has 1 aliphatic heterocycles. The first-order valence-electron chi connectivity index (χ1n) is 10.1. The number of aryl methyl sites for hydroxylation is 1. The van der Waals surface area contributed by atoms with Crippen LogP contribution in [0.5, 0.6) is 5.75 Å². The number of nitrogens with one attached hydrogen (secondary N) is 1. The van der Waals surface area contributed by atoms with Crippen LogP contribution in [0.1, 0.15) is 41.3 Å². The minimum absolute atomic E-state index is 0.0292. The molecule has 1 N–H and O–H groups in total. The number of amides is 1. The molecule has 1 fully saturated rings. The minimum Gasteiger partial charge on any atom is -0.494 e. The third-order valence-electron chi connectivity index (χ3n) is 5.17. The maximum atomic E-state index is 12.5. The number of Topliss-reactive ketones (excluding diaryl/α,β-unsaturated/α-hetero) is 1. The van der Waals surface area contributed by atoms with Crippen molar-refractivity contribution in [2.75, 3.05) is 19.8 Å². The summed E-state index contributed by atoms with van der Waals surface area (Å²) in [5.74, 6) is 0.854. The van der Waals surface area contributed by atoms with Crippen LogP contribution in [-0.4, -0.2) is 42.5 Å². The molecular weight excluding hydrogens is 368 g/mol. The molecule has 1 aliphatic rings. The largest absolute Gasteiger partial charge is 0.494 e. The zero-order chi connectivity index (χ0) is 20.6. The SMILES string of the molecule is CCOc1ccc(C(=O)CCC(=O)N[C@@H]2COC[C@H]2Cc2ccncc2)cc1C. The molecule has 2 aromatic rings. The van der Waals surface area contributed by atoms with E-state index < -0.39 is 0 Å². The smallest absolute Gasteiger partial charge is 0.220 e. The van der Waals surface area contributed by atoms with Crippen LogP contribution in [0, 0.1) is 12.8 Å². The van der Waals surface area contributed by atoms with Crippen LogP contribution in [0.25, 0.3) is 0 Å². The van der Waals surface area contributed by atoms with E-state index in [1.165, 1.54) is 5.56 Å². The number of pyridine rings is 1. The number of hydrogen-bond donors (Lipinski definition) is 1. The Hall–Kier alpha value is -2.73. The van der Waals surface area contributed by atoms with Crippen molar-refractivity contribution < 1.29 is 19.1 Å². The molecule has 1 aromatic carbocycles. The van der Waals surface area contributed by atoms with Crippen LogP contribution in [0.15, 0.2) is 42.7 Å². The number of aromatic nitrogens is 1. The summed E-state index contributed by atoms with van der Waals surface area (Å²) in [6.07, 6.45) is 4.73. The zero-order valence-electron chi connectivity index (χ0n) is 17.0. The fourth-order valence-electron chi connectivity index (χ4n) is 3.57. The summed E-state index contributed by atoms with van der Waals surface area (Å²) >= 11 is 0. The Morgan fingerprint density at radius 2 is 1.97 bits per heavy atom. The molecule has 6 heteroatoms. The Morgan fingerprint density at radius 3 is 2.69 bits per heavy atom. The summed E-state index contributed by atoms with van der Waals surface area (Å²) < 4.78 is 11.1. The predicted octanol–water partition coefficient (Wildman–Crippen LogP) is 3.13. The second-order valence-corrected chi connectivity index (χ2v) is 7.37. The Morgan fingerprint density at radius 1 is 1.17 bits per heavy atom. The van der Waals surface area contributed by atoms with Crippen molar-refractivity contribution in [1.29, 1.82) is 0 Å². The van der Waals surface area contributed by atoms with Crippen molar-refractivity contribution in [3.63, 3.8) is 0 Å². The zero-order valence-corrected chi connectivity index (χ0v) is 17.0. The lowest BCUT2D eigenvalue weighted by Gasteiger charge is -2.19. The van der Waals surface area contributed by atoms with E-state index in [4.69, 9.17) is 9.47 Å². The normalized spacial score (nSPS) is 18.4. The van der Waals surface area contributed by atoms with Gasteiger partial charge in [-0.05, 0) is 61.7 Å². The topological polar surface area (TPSA) is 77.5 Å². The van der Waals surface area contributed by atoms with Gasteiger partial charge in [0, 0.05) is 36.7 Å². The van der Waals surface area contributed by atoms with E-state index in [-0.39, 0.29) is 36.5 Å². The van der Waals surface area contributed by atoms with Gasteiger partial charge in [0.05, 0.1) is 25.9 Å². The van der Waals surface area contributed by atoms with E-state index in [1.807, 2.05) is 38.1 Å². The average Bonchev–Trinajstić information content (AvgIpc) is 3.15. The maximum absolute atomic E-state index is 12.5. The average molecular weight is 396 g/mol. The fourth-order valence-corrected chi connectivity index (χ4v) is 3.57. The van der Waals surface area contributed by atoms with Crippen molar-refractivity contribution in [2.45, 2.75) is 39.2 Å². The number of benzene rings is 1. The summed E-state index contributed by atoms with van der Waals surface area (Å²) in [4.78, 5) is 28.9. The molecule has 1 aromatic heterocycles. The fraction of sp³-hybridized carbons (Fsp3) is 0.435. The number of rotatable bonds is 9. The number of nitrogens with zero attached hydrogens (tertiary/aromatic N) is 1. The van der Waals surface area contributed by atoms with Crippen molar-refractivity contribution in [3.8, 4) is 5.75 Å². The van der Waals surface area contributed by atoms with Gasteiger partial charge in [0.1, 0.15) is 5.75 Å². The molecule has 1 amide bonds. The Kier molecular flexibility index (Phi) is 7.36. The molecule has 2 heterocycles. The van der Waals surface area contributed by atoms with E-state index in [1.54, 1.807) is 18.5 Å². The van der Waals surface area contributed by atoms with Gasteiger partial charge in [-0.1, -0.05) is 0 Å². The van der Waals surface area contributed by atoms with Crippen LogP contribution < -0.4 is 10.1 Å². The van der Waals surface area contributed by atoms with Gasteiger partial charge >= 0.3 is 0 Å². The molecule has 6 nitrogen and oxygen atoms in total. The Bertz CT molecular complexity index is 838. The van der Waals surface area contributed by atoms with E-state index >= 15 is 0 Å². The summed E-state index contributed by atoms with van der Waals surface area (Å²) in [6.45, 7) is 5.55. The Balaban J connectivity index is 1.49. The van der Waals surface area contributed by atoms with E-state index in [2.05, 4.69) is 10.3 Å². The van der Waals surface area contributed by atoms with Crippen molar-refractivity contribution in [2.24, 2.45) is 5.92 Å². The van der Waals surface area contributed by atoms with E-state index in [0.29, 0.717) is 25.4 Å². The van der Waals surface area contributed by atoms with Crippen LogP contribution >= 0.6 is 0 Å². The van der Waals surface area contributed by atoms with Gasteiger partial charge in [-0.25, -0.2) is 0 Å². The highest BCUT2D eigenvalue weighted by molar-refractivity contribution is 5.98. The third kappa shape index (κ3) is 5.87. The number of ether oxygens (including phenoxy) is 2. The third-order valence-corrected chi connectivity index (χ3v) is 5.17. The van der Waals surface area contributed by atoms with Gasteiger partial charge in [0.15, 0.2) is 5.78 Å². The maximum Gasteiger partial charge on any atom is 0.220 e. The quantitative estimate of drug-likeness (QED) is 0.659. The summed E-state index contributed by atoms with van der Waals surface area (Å²) in [7, 11) is 0. The first-order chi connectivity index (χ1) is 14.1.